The van der Waals surface area contributed by atoms with E-state index < -0.39 is 0 Å². The van der Waals surface area contributed by atoms with Gasteiger partial charge in [0.25, 0.3) is 0 Å². The zero-order chi connectivity index (χ0) is 15.4. The minimum Gasteiger partial charge on any atom is -0.325 e. The number of thioether (sulfide) groups is 1. The molecule has 0 spiro atoms. The van der Waals surface area contributed by atoms with Crippen molar-refractivity contribution in [3.05, 3.63) is 34.8 Å². The van der Waals surface area contributed by atoms with E-state index in [1.54, 1.807) is 24.3 Å². The van der Waals surface area contributed by atoms with Crippen molar-refractivity contribution in [1.82, 2.24) is 10.2 Å². The molecule has 0 bridgehead atoms. The number of nitrogens with one attached hydrogen (secondary N) is 1. The summed E-state index contributed by atoms with van der Waals surface area (Å²) in [5.74, 6) is -0.105. The summed E-state index contributed by atoms with van der Waals surface area (Å²) in [4.78, 5) is 23.3. The van der Waals surface area contributed by atoms with Crippen molar-refractivity contribution in [3.63, 3.8) is 0 Å². The summed E-state index contributed by atoms with van der Waals surface area (Å²) in [5, 5.41) is 11.3. The molecule has 1 amide bonds. The molecule has 1 atom stereocenters. The molecular weight excluding hydrogens is 306 g/mol. The number of carbonyl (C=O) groups is 2. The monoisotopic (exact) mass is 321 g/mol. The summed E-state index contributed by atoms with van der Waals surface area (Å²) < 4.78 is 0.780. The van der Waals surface area contributed by atoms with E-state index in [4.69, 9.17) is 0 Å². The van der Waals surface area contributed by atoms with E-state index in [0.29, 0.717) is 11.3 Å². The molecule has 5 nitrogen and oxygen atoms in total. The van der Waals surface area contributed by atoms with Crippen LogP contribution in [0.5, 0.6) is 0 Å². The standard InChI is InChI=1S/C14H15N3O2S2/c1-8(18)11-4-6-12(7-5-11)15-13(19)9(2)20-14-17-16-10(3)21-14/h4-7,9H,1-3H3,(H,15,19). The zero-order valence-electron chi connectivity index (χ0n) is 11.9. The Morgan fingerprint density at radius 1 is 1.24 bits per heavy atom. The van der Waals surface area contributed by atoms with E-state index >= 15 is 0 Å². The molecule has 0 saturated heterocycles. The summed E-state index contributed by atoms with van der Waals surface area (Å²) in [6, 6.07) is 6.84. The zero-order valence-corrected chi connectivity index (χ0v) is 13.5. The molecule has 0 aliphatic rings. The molecule has 1 aromatic heterocycles. The van der Waals surface area contributed by atoms with Crippen LogP contribution in [0.15, 0.2) is 28.6 Å². The number of benzene rings is 1. The highest BCUT2D eigenvalue weighted by molar-refractivity contribution is 8.02. The summed E-state index contributed by atoms with van der Waals surface area (Å²) in [5.41, 5.74) is 1.30. The van der Waals surface area contributed by atoms with E-state index in [1.165, 1.54) is 30.0 Å². The molecule has 0 aliphatic heterocycles. The Kier molecular flexibility index (Phi) is 5.08. The Bertz CT molecular complexity index is 652. The van der Waals surface area contributed by atoms with Crippen LogP contribution in [0, 0.1) is 6.92 Å². The van der Waals surface area contributed by atoms with Gasteiger partial charge in [-0.25, -0.2) is 0 Å². The number of Topliss-reactive ketones (excluding diaryl/α,β-unsaturated/α-hetero) is 1. The van der Waals surface area contributed by atoms with Gasteiger partial charge in [-0.15, -0.1) is 10.2 Å². The third-order valence-corrected chi connectivity index (χ3v) is 4.74. The average Bonchev–Trinajstić information content (AvgIpc) is 2.84. The van der Waals surface area contributed by atoms with Crippen LogP contribution in [-0.2, 0) is 4.79 Å². The first-order valence-electron chi connectivity index (χ1n) is 6.34. The van der Waals surface area contributed by atoms with Crippen LogP contribution in [0.1, 0.15) is 29.2 Å². The number of ketones is 1. The highest BCUT2D eigenvalue weighted by Crippen LogP contribution is 2.26. The fourth-order valence-electron chi connectivity index (χ4n) is 1.56. The van der Waals surface area contributed by atoms with Crippen molar-refractivity contribution < 1.29 is 9.59 Å². The van der Waals surface area contributed by atoms with E-state index in [0.717, 1.165) is 9.35 Å². The molecule has 110 valence electrons. The highest BCUT2D eigenvalue weighted by Gasteiger charge is 2.16. The van der Waals surface area contributed by atoms with Crippen molar-refractivity contribution in [2.24, 2.45) is 0 Å². The number of amides is 1. The molecule has 1 aromatic carbocycles. The molecular formula is C14H15N3O2S2. The molecule has 2 rings (SSSR count). The summed E-state index contributed by atoms with van der Waals surface area (Å²) in [7, 11) is 0. The van der Waals surface area contributed by atoms with Crippen LogP contribution in [0.3, 0.4) is 0 Å². The number of nitrogens with zero attached hydrogens (tertiary/aromatic N) is 2. The van der Waals surface area contributed by atoms with Crippen molar-refractivity contribution in [2.45, 2.75) is 30.4 Å². The van der Waals surface area contributed by atoms with Gasteiger partial charge in [-0.1, -0.05) is 23.1 Å². The molecule has 7 heteroatoms. The first-order valence-corrected chi connectivity index (χ1v) is 8.04. The predicted octanol–water partition coefficient (Wildman–Crippen LogP) is 3.17. The normalized spacial score (nSPS) is 12.0. The lowest BCUT2D eigenvalue weighted by Gasteiger charge is -2.10. The Morgan fingerprint density at radius 2 is 1.90 bits per heavy atom. The van der Waals surface area contributed by atoms with Crippen LogP contribution in [0.2, 0.25) is 0 Å². The second kappa shape index (κ2) is 6.82. The van der Waals surface area contributed by atoms with E-state index in [-0.39, 0.29) is 16.9 Å². The molecule has 2 aromatic rings. The number of hydrogen-bond acceptors (Lipinski definition) is 6. The third-order valence-electron chi connectivity index (χ3n) is 2.71. The van der Waals surface area contributed by atoms with E-state index in [2.05, 4.69) is 15.5 Å². The molecule has 1 N–H and O–H groups in total. The Labute approximate surface area is 131 Å². The topological polar surface area (TPSA) is 72.0 Å². The maximum Gasteiger partial charge on any atom is 0.237 e. The minimum absolute atomic E-state index is 0.00318. The first kappa shape index (κ1) is 15.7. The molecule has 0 saturated carbocycles. The lowest BCUT2D eigenvalue weighted by molar-refractivity contribution is -0.115. The van der Waals surface area contributed by atoms with Gasteiger partial charge in [0.15, 0.2) is 10.1 Å². The van der Waals surface area contributed by atoms with Gasteiger partial charge in [0.1, 0.15) is 5.01 Å². The van der Waals surface area contributed by atoms with Crippen LogP contribution in [-0.4, -0.2) is 27.1 Å². The fourth-order valence-corrected chi connectivity index (χ4v) is 3.52. The van der Waals surface area contributed by atoms with Crippen molar-refractivity contribution in [3.8, 4) is 0 Å². The van der Waals surface area contributed by atoms with Gasteiger partial charge in [-0.3, -0.25) is 9.59 Å². The summed E-state index contributed by atoms with van der Waals surface area (Å²) in [6.45, 7) is 5.21. The maximum absolute atomic E-state index is 12.1. The summed E-state index contributed by atoms with van der Waals surface area (Å²) >= 11 is 2.85. The van der Waals surface area contributed by atoms with Gasteiger partial charge in [0, 0.05) is 11.3 Å². The number of anilines is 1. The number of rotatable bonds is 5. The first-order chi connectivity index (χ1) is 9.95. The number of aryl methyl sites for hydroxylation is 1. The third kappa shape index (κ3) is 4.37. The molecule has 1 heterocycles. The lowest BCUT2D eigenvalue weighted by Crippen LogP contribution is -2.22. The molecule has 1 unspecified atom stereocenters. The molecule has 21 heavy (non-hydrogen) atoms. The van der Waals surface area contributed by atoms with E-state index in [9.17, 15) is 9.59 Å². The molecule has 0 aliphatic carbocycles. The van der Waals surface area contributed by atoms with Crippen LogP contribution < -0.4 is 5.32 Å². The molecule has 0 radical (unpaired) electrons. The highest BCUT2D eigenvalue weighted by atomic mass is 32.2. The summed E-state index contributed by atoms with van der Waals surface area (Å²) in [6.07, 6.45) is 0. The van der Waals surface area contributed by atoms with Crippen LogP contribution in [0.4, 0.5) is 5.69 Å². The minimum atomic E-state index is -0.273. The predicted molar refractivity (Wildman–Crippen MR) is 85.0 cm³/mol. The number of carbonyl (C=O) groups excluding carboxylic acids is 2. The van der Waals surface area contributed by atoms with Crippen molar-refractivity contribution >= 4 is 40.5 Å². The number of aromatic nitrogens is 2. The quantitative estimate of drug-likeness (QED) is 0.676. The van der Waals surface area contributed by atoms with Gasteiger partial charge in [-0.2, -0.15) is 0 Å². The van der Waals surface area contributed by atoms with E-state index in [1.807, 2.05) is 13.8 Å². The smallest absolute Gasteiger partial charge is 0.237 e. The van der Waals surface area contributed by atoms with Gasteiger partial charge in [0.2, 0.25) is 5.91 Å². The maximum atomic E-state index is 12.1. The van der Waals surface area contributed by atoms with Gasteiger partial charge >= 0.3 is 0 Å². The largest absolute Gasteiger partial charge is 0.325 e. The SMILES string of the molecule is CC(=O)c1ccc(NC(=O)C(C)Sc2nnc(C)s2)cc1. The Morgan fingerprint density at radius 3 is 2.43 bits per heavy atom. The lowest BCUT2D eigenvalue weighted by atomic mass is 10.1. The fraction of sp³-hybridized carbons (Fsp3) is 0.286. The Hall–Kier alpha value is -1.73. The van der Waals surface area contributed by atoms with Gasteiger partial charge in [-0.05, 0) is 45.0 Å². The van der Waals surface area contributed by atoms with Crippen LogP contribution in [0.25, 0.3) is 0 Å². The number of hydrogen-bond donors (Lipinski definition) is 1. The van der Waals surface area contributed by atoms with Crippen molar-refractivity contribution in [1.29, 1.82) is 0 Å². The Balaban J connectivity index is 1.95. The van der Waals surface area contributed by atoms with Crippen molar-refractivity contribution in [2.75, 3.05) is 5.32 Å². The molecule has 0 fully saturated rings. The average molecular weight is 321 g/mol. The van der Waals surface area contributed by atoms with Gasteiger partial charge in [0.05, 0.1) is 5.25 Å². The second-order valence-electron chi connectivity index (χ2n) is 4.47. The second-order valence-corrected chi connectivity index (χ2v) is 7.24. The van der Waals surface area contributed by atoms with Gasteiger partial charge < -0.3 is 5.32 Å². The van der Waals surface area contributed by atoms with Crippen LogP contribution >= 0.6 is 23.1 Å².